The van der Waals surface area contributed by atoms with Gasteiger partial charge in [0.1, 0.15) is 12.4 Å². The molecule has 1 aliphatic heterocycles. The summed E-state index contributed by atoms with van der Waals surface area (Å²) in [7, 11) is 1.64. The highest BCUT2D eigenvalue weighted by atomic mass is 16.6. The van der Waals surface area contributed by atoms with Gasteiger partial charge in [-0.2, -0.15) is 0 Å². The van der Waals surface area contributed by atoms with Crippen molar-refractivity contribution in [2.24, 2.45) is 0 Å². The van der Waals surface area contributed by atoms with E-state index in [-0.39, 0.29) is 12.1 Å². The quantitative estimate of drug-likeness (QED) is 0.635. The molecule has 5 nitrogen and oxygen atoms in total. The number of benzene rings is 2. The van der Waals surface area contributed by atoms with Crippen molar-refractivity contribution in [1.29, 1.82) is 0 Å². The maximum absolute atomic E-state index is 12.5. The molecule has 28 heavy (non-hydrogen) atoms. The zero-order chi connectivity index (χ0) is 19.3. The Bertz CT molecular complexity index is 1000. The first-order valence-corrected chi connectivity index (χ1v) is 9.03. The molecule has 1 saturated heterocycles. The van der Waals surface area contributed by atoms with Gasteiger partial charge in [-0.15, -0.1) is 0 Å². The summed E-state index contributed by atoms with van der Waals surface area (Å²) in [5, 5.41) is 0. The van der Waals surface area contributed by atoms with Crippen LogP contribution in [-0.2, 0) is 4.74 Å². The molecule has 4 rings (SSSR count). The first-order valence-electron chi connectivity index (χ1n) is 9.03. The van der Waals surface area contributed by atoms with E-state index in [0.717, 1.165) is 28.1 Å². The number of carbonyl (C=O) groups is 1. The number of rotatable bonds is 5. The van der Waals surface area contributed by atoms with E-state index in [4.69, 9.17) is 9.47 Å². The van der Waals surface area contributed by atoms with Crippen LogP contribution >= 0.6 is 0 Å². The molecule has 0 bridgehead atoms. The molecule has 0 N–H and O–H groups in total. The summed E-state index contributed by atoms with van der Waals surface area (Å²) in [5.74, 6) is 0.792. The third-order valence-electron chi connectivity index (χ3n) is 4.69. The largest absolute Gasteiger partial charge is 0.497 e. The number of anilines is 1. The van der Waals surface area contributed by atoms with Crippen LogP contribution in [0.4, 0.5) is 10.5 Å². The number of nitrogens with zero attached hydrogens (tertiary/aromatic N) is 2. The lowest BCUT2D eigenvalue weighted by molar-refractivity contribution is 0.179. The van der Waals surface area contributed by atoms with Gasteiger partial charge in [0.2, 0.25) is 0 Å². The molecule has 0 saturated carbocycles. The summed E-state index contributed by atoms with van der Waals surface area (Å²) in [6.07, 6.45) is 7.01. The van der Waals surface area contributed by atoms with Gasteiger partial charge < -0.3 is 9.47 Å². The topological polar surface area (TPSA) is 51.7 Å². The van der Waals surface area contributed by atoms with Crippen LogP contribution in [0.15, 0.2) is 73.1 Å². The van der Waals surface area contributed by atoms with E-state index in [1.54, 1.807) is 24.4 Å². The van der Waals surface area contributed by atoms with Gasteiger partial charge in [0.05, 0.1) is 18.8 Å². The number of hydrogen-bond acceptors (Lipinski definition) is 4. The van der Waals surface area contributed by atoms with Gasteiger partial charge in [-0.1, -0.05) is 54.6 Å². The van der Waals surface area contributed by atoms with E-state index in [2.05, 4.69) is 4.98 Å². The highest BCUT2D eigenvalue weighted by molar-refractivity contribution is 5.94. The van der Waals surface area contributed by atoms with Gasteiger partial charge in [-0.25, -0.2) is 4.79 Å². The highest BCUT2D eigenvalue weighted by Gasteiger charge is 2.36. The zero-order valence-electron chi connectivity index (χ0n) is 15.5. The fraction of sp³-hybridized carbons (Fsp3) is 0.130. The Kier molecular flexibility index (Phi) is 5.06. The summed E-state index contributed by atoms with van der Waals surface area (Å²) in [5.41, 5.74) is 3.64. The second-order valence-corrected chi connectivity index (χ2v) is 6.42. The summed E-state index contributed by atoms with van der Waals surface area (Å²) >= 11 is 0. The number of aromatic nitrogens is 1. The molecule has 2 heterocycles. The third kappa shape index (κ3) is 3.60. The van der Waals surface area contributed by atoms with Gasteiger partial charge >= 0.3 is 6.09 Å². The first kappa shape index (κ1) is 17.8. The lowest BCUT2D eigenvalue weighted by Gasteiger charge is -2.23. The Morgan fingerprint density at radius 2 is 1.96 bits per heavy atom. The molecule has 140 valence electrons. The van der Waals surface area contributed by atoms with Crippen LogP contribution < -0.4 is 9.64 Å². The van der Waals surface area contributed by atoms with Gasteiger partial charge in [0.25, 0.3) is 0 Å². The minimum atomic E-state index is -0.351. The molecule has 5 heteroatoms. The van der Waals surface area contributed by atoms with Gasteiger partial charge in [0.15, 0.2) is 0 Å². The highest BCUT2D eigenvalue weighted by Crippen LogP contribution is 2.35. The first-order chi connectivity index (χ1) is 13.8. The average molecular weight is 372 g/mol. The molecule has 3 aromatic rings. The smallest absolute Gasteiger partial charge is 0.415 e. The maximum Gasteiger partial charge on any atom is 0.415 e. The SMILES string of the molecule is COc1cccc(C=Cc2cnccc2N2C(=O)OC[C@H]2c2ccccc2)c1. The predicted octanol–water partition coefficient (Wildman–Crippen LogP) is 4.96. The van der Waals surface area contributed by atoms with Crippen LogP contribution in [0.2, 0.25) is 0 Å². The standard InChI is InChI=1S/C23H20N2O3/c1-27-20-9-5-6-17(14-20)10-11-19-15-24-13-12-21(19)25-22(16-28-23(25)26)18-7-3-2-4-8-18/h2-15,22H,16H2,1H3/t22-/m0/s1. The number of pyridine rings is 1. The summed E-state index contributed by atoms with van der Waals surface area (Å²) < 4.78 is 10.6. The second kappa shape index (κ2) is 7.96. The normalized spacial score (nSPS) is 16.4. The Morgan fingerprint density at radius 1 is 1.11 bits per heavy atom. The second-order valence-electron chi connectivity index (χ2n) is 6.42. The molecule has 1 aromatic heterocycles. The average Bonchev–Trinajstić information content (AvgIpc) is 3.14. The molecule has 2 aromatic carbocycles. The van der Waals surface area contributed by atoms with Gasteiger partial charge in [-0.3, -0.25) is 9.88 Å². The molecular formula is C23H20N2O3. The van der Waals surface area contributed by atoms with Crippen LogP contribution in [0.1, 0.15) is 22.7 Å². The number of hydrogen-bond donors (Lipinski definition) is 0. The van der Waals surface area contributed by atoms with Crippen molar-refractivity contribution in [3.63, 3.8) is 0 Å². The Hall–Kier alpha value is -3.60. The zero-order valence-corrected chi connectivity index (χ0v) is 15.5. The molecule has 1 aliphatic rings. The van der Waals surface area contributed by atoms with Crippen molar-refractivity contribution in [2.75, 3.05) is 18.6 Å². The molecule has 0 aliphatic carbocycles. The summed E-state index contributed by atoms with van der Waals surface area (Å²) in [4.78, 5) is 18.4. The number of cyclic esters (lactones) is 1. The molecule has 1 amide bonds. The summed E-state index contributed by atoms with van der Waals surface area (Å²) in [6.45, 7) is 0.324. The third-order valence-corrected chi connectivity index (χ3v) is 4.69. The van der Waals surface area contributed by atoms with Gasteiger partial charge in [-0.05, 0) is 29.3 Å². The van der Waals surface area contributed by atoms with E-state index >= 15 is 0 Å². The van der Waals surface area contributed by atoms with Crippen molar-refractivity contribution in [2.45, 2.75) is 6.04 Å². The van der Waals surface area contributed by atoms with Crippen LogP contribution in [0.25, 0.3) is 12.2 Å². The Balaban J connectivity index is 1.68. The van der Waals surface area contributed by atoms with Crippen molar-refractivity contribution < 1.29 is 14.3 Å². The lowest BCUT2D eigenvalue weighted by Crippen LogP contribution is -2.27. The number of amides is 1. The Morgan fingerprint density at radius 3 is 2.79 bits per heavy atom. The summed E-state index contributed by atoms with van der Waals surface area (Å²) in [6, 6.07) is 19.4. The Labute approximate surface area is 163 Å². The number of ether oxygens (including phenoxy) is 2. The number of carbonyl (C=O) groups excluding carboxylic acids is 1. The monoisotopic (exact) mass is 372 g/mol. The number of methoxy groups -OCH3 is 1. The van der Waals surface area contributed by atoms with Gasteiger partial charge in [0, 0.05) is 18.0 Å². The molecule has 0 unspecified atom stereocenters. The van der Waals surface area contributed by atoms with E-state index in [1.165, 1.54) is 0 Å². The van der Waals surface area contributed by atoms with Crippen molar-refractivity contribution in [3.8, 4) is 5.75 Å². The van der Waals surface area contributed by atoms with Crippen molar-refractivity contribution >= 4 is 23.9 Å². The minimum absolute atomic E-state index is 0.167. The molecule has 1 fully saturated rings. The van der Waals surface area contributed by atoms with Crippen LogP contribution in [0.5, 0.6) is 5.75 Å². The molecule has 0 radical (unpaired) electrons. The van der Waals surface area contributed by atoms with Crippen molar-refractivity contribution in [3.05, 3.63) is 89.7 Å². The van der Waals surface area contributed by atoms with Crippen LogP contribution in [-0.4, -0.2) is 24.8 Å². The molecular weight excluding hydrogens is 352 g/mol. The van der Waals surface area contributed by atoms with E-state index in [1.807, 2.05) is 72.8 Å². The van der Waals surface area contributed by atoms with E-state index in [0.29, 0.717) is 6.61 Å². The van der Waals surface area contributed by atoms with E-state index in [9.17, 15) is 4.79 Å². The van der Waals surface area contributed by atoms with E-state index < -0.39 is 0 Å². The van der Waals surface area contributed by atoms with Crippen LogP contribution in [0.3, 0.4) is 0 Å². The lowest BCUT2D eigenvalue weighted by atomic mass is 10.1. The maximum atomic E-state index is 12.5. The minimum Gasteiger partial charge on any atom is -0.497 e. The predicted molar refractivity (Wildman–Crippen MR) is 109 cm³/mol. The molecule has 1 atom stereocenters. The fourth-order valence-corrected chi connectivity index (χ4v) is 3.29. The van der Waals surface area contributed by atoms with Crippen molar-refractivity contribution in [1.82, 2.24) is 4.98 Å². The fourth-order valence-electron chi connectivity index (χ4n) is 3.29. The molecule has 0 spiro atoms. The van der Waals surface area contributed by atoms with Crippen LogP contribution in [0, 0.1) is 0 Å².